The summed E-state index contributed by atoms with van der Waals surface area (Å²) in [5, 5.41) is 6.14. The van der Waals surface area contributed by atoms with Crippen molar-refractivity contribution < 1.29 is 22.7 Å². The number of methoxy groups -OCH3 is 1. The molecule has 2 unspecified atom stereocenters. The summed E-state index contributed by atoms with van der Waals surface area (Å²) in [5.74, 6) is 0.347. The first-order chi connectivity index (χ1) is 12.9. The lowest BCUT2D eigenvalue weighted by atomic mass is 9.93. The third-order valence-electron chi connectivity index (χ3n) is 4.60. The van der Waals surface area contributed by atoms with Crippen LogP contribution in [0.15, 0.2) is 42.6 Å². The molecule has 2 heterocycles. The second-order valence-corrected chi connectivity index (χ2v) is 6.42. The molecule has 0 bridgehead atoms. The minimum absolute atomic E-state index is 0.0833. The van der Waals surface area contributed by atoms with E-state index in [1.807, 2.05) is 0 Å². The van der Waals surface area contributed by atoms with Gasteiger partial charge in [0.2, 0.25) is 5.91 Å². The highest BCUT2D eigenvalue weighted by atomic mass is 19.4. The van der Waals surface area contributed by atoms with Gasteiger partial charge in [-0.05, 0) is 29.8 Å². The van der Waals surface area contributed by atoms with Crippen LogP contribution in [0.2, 0.25) is 0 Å². The summed E-state index contributed by atoms with van der Waals surface area (Å²) in [6.45, 7) is 1.16. The number of halogens is 3. The lowest BCUT2D eigenvalue weighted by Crippen LogP contribution is -2.40. The monoisotopic (exact) mass is 379 g/mol. The van der Waals surface area contributed by atoms with Crippen LogP contribution < -0.4 is 15.4 Å². The topological polar surface area (TPSA) is 63.2 Å². The standard InChI is InChI=1S/C19H20F3N3O2/c1-27-15-7-6-14(24-9-15)8-18(26)25-17-11-23-10-16(17)12-2-4-13(5-3-12)19(20,21)22/h2-7,9,16-17,23H,8,10-11H2,1H3,(H,25,26). The first kappa shape index (κ1) is 19.2. The number of nitrogens with zero attached hydrogens (tertiary/aromatic N) is 1. The zero-order valence-electron chi connectivity index (χ0n) is 14.7. The summed E-state index contributed by atoms with van der Waals surface area (Å²) < 4.78 is 43.2. The Hall–Kier alpha value is -2.61. The highest BCUT2D eigenvalue weighted by Crippen LogP contribution is 2.31. The molecule has 144 valence electrons. The summed E-state index contributed by atoms with van der Waals surface area (Å²) in [7, 11) is 1.54. The van der Waals surface area contributed by atoms with Gasteiger partial charge >= 0.3 is 6.18 Å². The van der Waals surface area contributed by atoms with Crippen molar-refractivity contribution in [2.24, 2.45) is 0 Å². The lowest BCUT2D eigenvalue weighted by Gasteiger charge is -2.21. The van der Waals surface area contributed by atoms with Crippen molar-refractivity contribution in [3.8, 4) is 5.75 Å². The number of pyridine rings is 1. The van der Waals surface area contributed by atoms with Crippen LogP contribution in [0.25, 0.3) is 0 Å². The van der Waals surface area contributed by atoms with Crippen LogP contribution >= 0.6 is 0 Å². The van der Waals surface area contributed by atoms with E-state index in [-0.39, 0.29) is 24.3 Å². The molecule has 1 aliphatic rings. The number of benzene rings is 1. The van der Waals surface area contributed by atoms with Gasteiger partial charge in [0.25, 0.3) is 0 Å². The lowest BCUT2D eigenvalue weighted by molar-refractivity contribution is -0.137. The molecule has 2 N–H and O–H groups in total. The molecule has 3 rings (SSSR count). The van der Waals surface area contributed by atoms with Gasteiger partial charge in [-0.15, -0.1) is 0 Å². The number of hydrogen-bond donors (Lipinski definition) is 2. The second-order valence-electron chi connectivity index (χ2n) is 6.42. The van der Waals surface area contributed by atoms with Gasteiger partial charge in [-0.2, -0.15) is 13.2 Å². The molecule has 1 aliphatic heterocycles. The van der Waals surface area contributed by atoms with Gasteiger partial charge in [0.1, 0.15) is 5.75 Å². The smallest absolute Gasteiger partial charge is 0.416 e. The Balaban J connectivity index is 1.62. The second kappa shape index (κ2) is 7.96. The Bertz CT molecular complexity index is 776. The molecule has 2 aromatic rings. The molecule has 1 fully saturated rings. The van der Waals surface area contributed by atoms with Crippen molar-refractivity contribution in [2.75, 3.05) is 20.2 Å². The SMILES string of the molecule is COc1ccc(CC(=O)NC2CNCC2c2ccc(C(F)(F)F)cc2)nc1. The Morgan fingerprint density at radius 1 is 1.22 bits per heavy atom. The number of amides is 1. The third kappa shape index (κ3) is 4.77. The van der Waals surface area contributed by atoms with E-state index < -0.39 is 11.7 Å². The number of rotatable bonds is 5. The molecule has 8 heteroatoms. The number of aromatic nitrogens is 1. The summed E-state index contributed by atoms with van der Waals surface area (Å²) >= 11 is 0. The molecule has 1 aromatic heterocycles. The average Bonchev–Trinajstić information content (AvgIpc) is 3.09. The van der Waals surface area contributed by atoms with Crippen molar-refractivity contribution >= 4 is 5.91 Å². The fourth-order valence-corrected chi connectivity index (χ4v) is 3.16. The number of hydrogen-bond acceptors (Lipinski definition) is 4. The van der Waals surface area contributed by atoms with Crippen molar-refractivity contribution in [3.05, 3.63) is 59.4 Å². The van der Waals surface area contributed by atoms with Gasteiger partial charge in [0, 0.05) is 30.7 Å². The minimum Gasteiger partial charge on any atom is -0.495 e. The highest BCUT2D eigenvalue weighted by Gasteiger charge is 2.32. The van der Waals surface area contributed by atoms with E-state index in [9.17, 15) is 18.0 Å². The summed E-state index contributed by atoms with van der Waals surface area (Å²) in [6.07, 6.45) is -2.68. The van der Waals surface area contributed by atoms with Crippen LogP contribution in [0.4, 0.5) is 13.2 Å². The third-order valence-corrected chi connectivity index (χ3v) is 4.60. The predicted octanol–water partition coefficient (Wildman–Crippen LogP) is 2.52. The van der Waals surface area contributed by atoms with Crippen molar-refractivity contribution in [3.63, 3.8) is 0 Å². The molecule has 0 saturated carbocycles. The number of carbonyl (C=O) groups is 1. The van der Waals surface area contributed by atoms with Gasteiger partial charge in [-0.25, -0.2) is 0 Å². The van der Waals surface area contributed by atoms with Crippen molar-refractivity contribution in [2.45, 2.75) is 24.6 Å². The Morgan fingerprint density at radius 2 is 1.96 bits per heavy atom. The average molecular weight is 379 g/mol. The van der Waals surface area contributed by atoms with E-state index in [0.717, 1.165) is 17.7 Å². The van der Waals surface area contributed by atoms with Crippen molar-refractivity contribution in [1.82, 2.24) is 15.6 Å². The Labute approximate surface area is 154 Å². The highest BCUT2D eigenvalue weighted by molar-refractivity contribution is 5.78. The molecule has 0 radical (unpaired) electrons. The molecule has 1 amide bonds. The van der Waals surface area contributed by atoms with E-state index in [0.29, 0.717) is 24.5 Å². The van der Waals surface area contributed by atoms with Crippen LogP contribution in [-0.2, 0) is 17.4 Å². The molecule has 2 atom stereocenters. The first-order valence-electron chi connectivity index (χ1n) is 8.53. The van der Waals surface area contributed by atoms with Gasteiger partial charge < -0.3 is 15.4 Å². The Morgan fingerprint density at radius 3 is 2.56 bits per heavy atom. The van der Waals surface area contributed by atoms with E-state index in [1.54, 1.807) is 18.3 Å². The summed E-state index contributed by atoms with van der Waals surface area (Å²) in [5.41, 5.74) is 0.703. The normalized spacial score (nSPS) is 19.7. The molecule has 5 nitrogen and oxygen atoms in total. The van der Waals surface area contributed by atoms with E-state index in [2.05, 4.69) is 15.6 Å². The maximum absolute atomic E-state index is 12.7. The molecule has 1 saturated heterocycles. The molecule has 27 heavy (non-hydrogen) atoms. The number of ether oxygens (including phenoxy) is 1. The number of nitrogens with one attached hydrogen (secondary N) is 2. The first-order valence-corrected chi connectivity index (χ1v) is 8.53. The maximum atomic E-state index is 12.7. The predicted molar refractivity (Wildman–Crippen MR) is 93.5 cm³/mol. The van der Waals surface area contributed by atoms with Crippen molar-refractivity contribution in [1.29, 1.82) is 0 Å². The van der Waals surface area contributed by atoms with E-state index in [1.165, 1.54) is 19.2 Å². The number of carbonyl (C=O) groups excluding carboxylic acids is 1. The van der Waals surface area contributed by atoms with Gasteiger partial charge in [-0.1, -0.05) is 12.1 Å². The largest absolute Gasteiger partial charge is 0.495 e. The fraction of sp³-hybridized carbons (Fsp3) is 0.368. The fourth-order valence-electron chi connectivity index (χ4n) is 3.16. The summed E-state index contributed by atoms with van der Waals surface area (Å²) in [4.78, 5) is 16.5. The van der Waals surface area contributed by atoms with Gasteiger partial charge in [-0.3, -0.25) is 9.78 Å². The van der Waals surface area contributed by atoms with E-state index >= 15 is 0 Å². The number of alkyl halides is 3. The van der Waals surface area contributed by atoms with Gasteiger partial charge in [0.05, 0.1) is 25.3 Å². The summed E-state index contributed by atoms with van der Waals surface area (Å²) in [6, 6.07) is 8.38. The zero-order valence-corrected chi connectivity index (χ0v) is 14.7. The van der Waals surface area contributed by atoms with Crippen LogP contribution in [-0.4, -0.2) is 37.1 Å². The maximum Gasteiger partial charge on any atom is 0.416 e. The molecular formula is C19H20F3N3O2. The molecule has 0 spiro atoms. The van der Waals surface area contributed by atoms with Crippen LogP contribution in [0.3, 0.4) is 0 Å². The Kier molecular flexibility index (Phi) is 5.65. The molecule has 1 aromatic carbocycles. The molecule has 0 aliphatic carbocycles. The zero-order chi connectivity index (χ0) is 19.4. The quantitative estimate of drug-likeness (QED) is 0.838. The van der Waals surface area contributed by atoms with Crippen LogP contribution in [0, 0.1) is 0 Å². The van der Waals surface area contributed by atoms with Crippen LogP contribution in [0.5, 0.6) is 5.75 Å². The van der Waals surface area contributed by atoms with Gasteiger partial charge in [0.15, 0.2) is 0 Å². The minimum atomic E-state index is -4.36. The van der Waals surface area contributed by atoms with E-state index in [4.69, 9.17) is 4.74 Å². The molecular weight excluding hydrogens is 359 g/mol. The van der Waals surface area contributed by atoms with Crippen LogP contribution in [0.1, 0.15) is 22.7 Å².